The Kier molecular flexibility index (Phi) is 7.93. The van der Waals surface area contributed by atoms with E-state index in [0.717, 1.165) is 50.4 Å². The highest BCUT2D eigenvalue weighted by Gasteiger charge is 2.62. The van der Waals surface area contributed by atoms with Gasteiger partial charge in [-0.25, -0.2) is 0 Å². The third kappa shape index (κ3) is 4.93. The summed E-state index contributed by atoms with van der Waals surface area (Å²) in [6, 6.07) is 0. The fraction of sp³-hybridized carbons (Fsp3) is 0.931. The monoisotopic (exact) mass is 459 g/mol. The van der Waals surface area contributed by atoms with E-state index in [-0.39, 0.29) is 17.4 Å². The number of Topliss-reactive ketones (excluding diaryl/α,β-unsaturated/α-hetero) is 1. The fourth-order valence-corrected chi connectivity index (χ4v) is 9.23. The maximum Gasteiger partial charge on any atom is 0.219 e. The number of aliphatic hydroxyl groups excluding tert-OH is 1. The number of ketones is 1. The van der Waals surface area contributed by atoms with Gasteiger partial charge in [0.25, 0.3) is 0 Å². The van der Waals surface area contributed by atoms with Crippen LogP contribution in [0.2, 0.25) is 0 Å². The number of carbonyl (C=O) groups excluding carboxylic acids is 2. The first kappa shape index (κ1) is 25.2. The third-order valence-electron chi connectivity index (χ3n) is 11.0. The average Bonchev–Trinajstić information content (AvgIpc) is 3.09. The molecular weight excluding hydrogens is 410 g/mol. The van der Waals surface area contributed by atoms with E-state index in [1.807, 2.05) is 0 Å². The summed E-state index contributed by atoms with van der Waals surface area (Å²) in [5.41, 5.74) is 0.440. The Morgan fingerprint density at radius 1 is 1.00 bits per heavy atom. The molecule has 0 radical (unpaired) electrons. The highest BCUT2D eigenvalue weighted by atomic mass is 16.3. The van der Waals surface area contributed by atoms with E-state index in [1.165, 1.54) is 57.8 Å². The summed E-state index contributed by atoms with van der Waals surface area (Å²) in [6.45, 7) is 4.96. The van der Waals surface area contributed by atoms with E-state index < -0.39 is 0 Å². The van der Waals surface area contributed by atoms with Gasteiger partial charge in [0.05, 0.1) is 6.10 Å². The van der Waals surface area contributed by atoms with Crippen LogP contribution < -0.4 is 5.32 Å². The SMILES string of the molecule is CNC(=O)CCCCCCCCC1C[C@]2(C)C(O)CC[C@H]2[C@@H]2CCC3CC(=O)CC[C@]3(C)[C@H]12. The standard InChI is InChI=1S/C29H49NO3/c1-28-17-16-22(31)18-21(28)12-13-23-24-14-15-25(32)29(24,2)19-20(27(23)28)10-8-6-4-5-7-9-11-26(33)30-3/h20-21,23-25,27,32H,4-19H2,1-3H3,(H,30,33)/t20?,21?,23-,24-,25?,27+,28-,29-/m0/s1. The minimum absolute atomic E-state index is 0.110. The number of amides is 1. The van der Waals surface area contributed by atoms with Crippen molar-refractivity contribution in [3.8, 4) is 0 Å². The zero-order valence-corrected chi connectivity index (χ0v) is 21.5. The van der Waals surface area contributed by atoms with Crippen LogP contribution in [0.1, 0.15) is 117 Å². The van der Waals surface area contributed by atoms with Crippen LogP contribution in [0.4, 0.5) is 0 Å². The Morgan fingerprint density at radius 2 is 1.73 bits per heavy atom. The van der Waals surface area contributed by atoms with Gasteiger partial charge in [0.2, 0.25) is 5.91 Å². The van der Waals surface area contributed by atoms with Crippen LogP contribution in [-0.4, -0.2) is 29.9 Å². The maximum absolute atomic E-state index is 12.3. The van der Waals surface area contributed by atoms with Crippen LogP contribution in [0.3, 0.4) is 0 Å². The molecule has 0 spiro atoms. The van der Waals surface area contributed by atoms with Crippen molar-refractivity contribution < 1.29 is 14.7 Å². The van der Waals surface area contributed by atoms with E-state index in [9.17, 15) is 14.7 Å². The van der Waals surface area contributed by atoms with Gasteiger partial charge in [0, 0.05) is 26.3 Å². The summed E-state index contributed by atoms with van der Waals surface area (Å²) in [7, 11) is 1.71. The molecule has 4 fully saturated rings. The Balaban J connectivity index is 1.37. The number of nitrogens with one attached hydrogen (secondary N) is 1. The van der Waals surface area contributed by atoms with Crippen LogP contribution in [0, 0.1) is 40.4 Å². The average molecular weight is 460 g/mol. The number of hydrogen-bond acceptors (Lipinski definition) is 3. The lowest BCUT2D eigenvalue weighted by Gasteiger charge is -2.62. The lowest BCUT2D eigenvalue weighted by Crippen LogP contribution is -2.57. The predicted octanol–water partition coefficient (Wildman–Crippen LogP) is 6.05. The number of hydrogen-bond donors (Lipinski definition) is 2. The quantitative estimate of drug-likeness (QED) is 0.412. The zero-order chi connectivity index (χ0) is 23.6. The molecular formula is C29H49NO3. The highest BCUT2D eigenvalue weighted by Crippen LogP contribution is 2.68. The first-order valence-corrected chi connectivity index (χ1v) is 14.2. The molecule has 3 unspecified atom stereocenters. The van der Waals surface area contributed by atoms with E-state index in [0.29, 0.717) is 35.4 Å². The van der Waals surface area contributed by atoms with Gasteiger partial charge in [-0.2, -0.15) is 0 Å². The molecule has 0 bridgehead atoms. The van der Waals surface area contributed by atoms with Gasteiger partial charge in [-0.3, -0.25) is 9.59 Å². The first-order valence-electron chi connectivity index (χ1n) is 14.2. The fourth-order valence-electron chi connectivity index (χ4n) is 9.23. The van der Waals surface area contributed by atoms with Crippen LogP contribution in [0.15, 0.2) is 0 Å². The molecule has 188 valence electrons. The normalized spacial score (nSPS) is 42.4. The largest absolute Gasteiger partial charge is 0.393 e. The third-order valence-corrected chi connectivity index (χ3v) is 11.0. The van der Waals surface area contributed by atoms with Crippen molar-refractivity contribution in [3.05, 3.63) is 0 Å². The summed E-state index contributed by atoms with van der Waals surface area (Å²) in [6.07, 6.45) is 17.7. The van der Waals surface area contributed by atoms with Crippen molar-refractivity contribution in [3.63, 3.8) is 0 Å². The number of unbranched alkanes of at least 4 members (excludes halogenated alkanes) is 5. The van der Waals surface area contributed by atoms with E-state index >= 15 is 0 Å². The van der Waals surface area contributed by atoms with Gasteiger partial charge in [-0.05, 0) is 85.4 Å². The second-order valence-electron chi connectivity index (χ2n) is 12.7. The molecule has 0 aliphatic heterocycles. The Morgan fingerprint density at radius 3 is 2.48 bits per heavy atom. The molecule has 4 saturated carbocycles. The molecule has 0 saturated heterocycles. The van der Waals surface area contributed by atoms with Gasteiger partial charge in [-0.1, -0.05) is 52.4 Å². The summed E-state index contributed by atoms with van der Waals surface area (Å²) in [4.78, 5) is 23.7. The molecule has 0 aromatic heterocycles. The number of carbonyl (C=O) groups is 2. The molecule has 4 nitrogen and oxygen atoms in total. The van der Waals surface area contributed by atoms with Crippen molar-refractivity contribution >= 4 is 11.7 Å². The second-order valence-corrected chi connectivity index (χ2v) is 12.7. The number of rotatable bonds is 9. The number of aliphatic hydroxyl groups is 1. The van der Waals surface area contributed by atoms with Crippen molar-refractivity contribution in [2.24, 2.45) is 40.4 Å². The summed E-state index contributed by atoms with van der Waals surface area (Å²) in [5.74, 6) is 4.15. The second kappa shape index (κ2) is 10.4. The highest BCUT2D eigenvalue weighted by molar-refractivity contribution is 5.79. The smallest absolute Gasteiger partial charge is 0.219 e. The van der Waals surface area contributed by atoms with Gasteiger partial charge >= 0.3 is 0 Å². The van der Waals surface area contributed by atoms with E-state index in [4.69, 9.17) is 0 Å². The number of fused-ring (bicyclic) bond motifs is 5. The lowest BCUT2D eigenvalue weighted by atomic mass is 9.42. The topological polar surface area (TPSA) is 66.4 Å². The molecule has 4 aliphatic carbocycles. The van der Waals surface area contributed by atoms with Crippen molar-refractivity contribution in [1.82, 2.24) is 5.32 Å². The van der Waals surface area contributed by atoms with Gasteiger partial charge in [0.1, 0.15) is 5.78 Å². The van der Waals surface area contributed by atoms with E-state index in [1.54, 1.807) is 7.05 Å². The predicted molar refractivity (Wildman–Crippen MR) is 133 cm³/mol. The van der Waals surface area contributed by atoms with Gasteiger partial charge < -0.3 is 10.4 Å². The molecule has 8 atom stereocenters. The van der Waals surface area contributed by atoms with Gasteiger partial charge in [-0.15, -0.1) is 0 Å². The molecule has 0 heterocycles. The Labute approximate surface area is 202 Å². The van der Waals surface area contributed by atoms with Crippen LogP contribution in [0.5, 0.6) is 0 Å². The van der Waals surface area contributed by atoms with Crippen molar-refractivity contribution in [1.29, 1.82) is 0 Å². The first-order chi connectivity index (χ1) is 15.8. The Bertz CT molecular complexity index is 707. The molecule has 1 amide bonds. The minimum Gasteiger partial charge on any atom is -0.393 e. The molecule has 4 rings (SSSR count). The minimum atomic E-state index is -0.121. The molecule has 0 aromatic rings. The van der Waals surface area contributed by atoms with Gasteiger partial charge in [0.15, 0.2) is 0 Å². The molecule has 4 heteroatoms. The summed E-state index contributed by atoms with van der Waals surface area (Å²) >= 11 is 0. The zero-order valence-electron chi connectivity index (χ0n) is 21.5. The van der Waals surface area contributed by atoms with Crippen molar-refractivity contribution in [2.75, 3.05) is 7.05 Å². The van der Waals surface area contributed by atoms with E-state index in [2.05, 4.69) is 19.2 Å². The molecule has 2 N–H and O–H groups in total. The molecule has 0 aromatic carbocycles. The summed E-state index contributed by atoms with van der Waals surface area (Å²) in [5, 5.41) is 13.7. The summed E-state index contributed by atoms with van der Waals surface area (Å²) < 4.78 is 0. The van der Waals surface area contributed by atoms with Crippen LogP contribution >= 0.6 is 0 Å². The maximum atomic E-state index is 12.3. The molecule has 33 heavy (non-hydrogen) atoms. The van der Waals surface area contributed by atoms with Crippen LogP contribution in [0.25, 0.3) is 0 Å². The molecule has 4 aliphatic rings. The lowest BCUT2D eigenvalue weighted by molar-refractivity contribution is -0.159. The van der Waals surface area contributed by atoms with Crippen LogP contribution in [-0.2, 0) is 9.59 Å². The van der Waals surface area contributed by atoms with Crippen molar-refractivity contribution in [2.45, 2.75) is 123 Å². The Hall–Kier alpha value is -0.900.